The zero-order chi connectivity index (χ0) is 19.6. The summed E-state index contributed by atoms with van der Waals surface area (Å²) < 4.78 is 11.1. The molecule has 1 aliphatic carbocycles. The van der Waals surface area contributed by atoms with Gasteiger partial charge in [0.15, 0.2) is 12.4 Å². The Kier molecular flexibility index (Phi) is 5.49. The number of ketones is 1. The van der Waals surface area contributed by atoms with Gasteiger partial charge in [0, 0.05) is 12.0 Å². The van der Waals surface area contributed by atoms with E-state index in [1.807, 2.05) is 51.1 Å². The Morgan fingerprint density at radius 3 is 2.70 bits per heavy atom. The van der Waals surface area contributed by atoms with Gasteiger partial charge in [0.2, 0.25) is 0 Å². The molecule has 1 N–H and O–H groups in total. The van der Waals surface area contributed by atoms with Gasteiger partial charge in [0.1, 0.15) is 11.5 Å². The van der Waals surface area contributed by atoms with Crippen LogP contribution >= 0.6 is 0 Å². The van der Waals surface area contributed by atoms with Crippen LogP contribution < -0.4 is 14.8 Å². The molecule has 5 nitrogen and oxygen atoms in total. The lowest BCUT2D eigenvalue weighted by molar-refractivity contribution is -0.123. The average Bonchev–Trinajstić information content (AvgIpc) is 2.96. The number of benzene rings is 2. The van der Waals surface area contributed by atoms with Gasteiger partial charge in [-0.25, -0.2) is 0 Å². The Balaban J connectivity index is 1.68. The lowest BCUT2D eigenvalue weighted by atomic mass is 9.97. The number of amides is 1. The van der Waals surface area contributed by atoms with E-state index in [1.54, 1.807) is 13.2 Å². The Hall–Kier alpha value is -2.82. The Labute approximate surface area is 159 Å². The van der Waals surface area contributed by atoms with Crippen LogP contribution in [0.3, 0.4) is 0 Å². The molecule has 2 unspecified atom stereocenters. The fraction of sp³-hybridized carbons (Fsp3) is 0.364. The van der Waals surface area contributed by atoms with Crippen molar-refractivity contribution in [1.29, 1.82) is 0 Å². The molecule has 0 aliphatic heterocycles. The predicted octanol–water partition coefficient (Wildman–Crippen LogP) is 3.95. The molecule has 27 heavy (non-hydrogen) atoms. The lowest BCUT2D eigenvalue weighted by Gasteiger charge is -2.18. The average molecular weight is 367 g/mol. The van der Waals surface area contributed by atoms with Crippen LogP contribution in [0, 0.1) is 6.92 Å². The van der Waals surface area contributed by atoms with Gasteiger partial charge in [0.05, 0.1) is 18.7 Å². The Bertz CT molecular complexity index is 875. The summed E-state index contributed by atoms with van der Waals surface area (Å²) in [5.74, 6) is 1.24. The van der Waals surface area contributed by atoms with E-state index in [-0.39, 0.29) is 30.3 Å². The van der Waals surface area contributed by atoms with Crippen molar-refractivity contribution in [2.45, 2.75) is 39.2 Å². The number of hydrogen-bond acceptors (Lipinski definition) is 4. The molecular weight excluding hydrogens is 342 g/mol. The van der Waals surface area contributed by atoms with Gasteiger partial charge in [-0.05, 0) is 43.0 Å². The zero-order valence-electron chi connectivity index (χ0n) is 16.2. The van der Waals surface area contributed by atoms with E-state index in [0.29, 0.717) is 17.7 Å². The van der Waals surface area contributed by atoms with Crippen molar-refractivity contribution in [1.82, 2.24) is 5.32 Å². The van der Waals surface area contributed by atoms with Crippen molar-refractivity contribution < 1.29 is 19.1 Å². The maximum Gasteiger partial charge on any atom is 0.258 e. The van der Waals surface area contributed by atoms with Gasteiger partial charge in [-0.1, -0.05) is 31.2 Å². The molecule has 142 valence electrons. The third-order valence-electron chi connectivity index (χ3n) is 5.03. The molecule has 2 aromatic rings. The molecule has 0 spiro atoms. The normalized spacial score (nSPS) is 16.6. The number of carbonyl (C=O) groups excluding carboxylic acids is 2. The summed E-state index contributed by atoms with van der Waals surface area (Å²) >= 11 is 0. The first-order valence-electron chi connectivity index (χ1n) is 9.14. The lowest BCUT2D eigenvalue weighted by Crippen LogP contribution is -2.31. The van der Waals surface area contributed by atoms with Crippen LogP contribution in [0.15, 0.2) is 36.4 Å². The highest BCUT2D eigenvalue weighted by Crippen LogP contribution is 2.40. The highest BCUT2D eigenvalue weighted by atomic mass is 16.5. The molecule has 0 bridgehead atoms. The summed E-state index contributed by atoms with van der Waals surface area (Å²) in [6.07, 6.45) is 0.494. The minimum absolute atomic E-state index is 0.0824. The summed E-state index contributed by atoms with van der Waals surface area (Å²) in [4.78, 5) is 24.7. The summed E-state index contributed by atoms with van der Waals surface area (Å²) in [5.41, 5.74) is 3.66. The molecule has 2 atom stereocenters. The molecular formula is C22H25NO4. The van der Waals surface area contributed by atoms with Gasteiger partial charge < -0.3 is 14.8 Å². The summed E-state index contributed by atoms with van der Waals surface area (Å²) in [7, 11) is 1.60. The van der Waals surface area contributed by atoms with E-state index in [1.165, 1.54) is 0 Å². The van der Waals surface area contributed by atoms with Gasteiger partial charge in [-0.3, -0.25) is 9.59 Å². The minimum atomic E-state index is -0.249. The first-order valence-corrected chi connectivity index (χ1v) is 9.14. The van der Waals surface area contributed by atoms with Gasteiger partial charge in [-0.2, -0.15) is 0 Å². The Morgan fingerprint density at radius 2 is 1.96 bits per heavy atom. The molecule has 5 heteroatoms. The van der Waals surface area contributed by atoms with Crippen LogP contribution in [-0.4, -0.2) is 25.4 Å². The number of ether oxygens (including phenoxy) is 2. The SMILES string of the molecule is COc1ccccc1C(C)NC(=O)COc1ccc(C)c2c1C(=O)CC2C. The Morgan fingerprint density at radius 1 is 1.22 bits per heavy atom. The van der Waals surface area contributed by atoms with E-state index in [2.05, 4.69) is 5.32 Å². The predicted molar refractivity (Wildman–Crippen MR) is 104 cm³/mol. The summed E-state index contributed by atoms with van der Waals surface area (Å²) in [6, 6.07) is 11.1. The van der Waals surface area contributed by atoms with Gasteiger partial charge in [-0.15, -0.1) is 0 Å². The topological polar surface area (TPSA) is 64.6 Å². The molecule has 1 amide bonds. The highest BCUT2D eigenvalue weighted by Gasteiger charge is 2.31. The second kappa shape index (κ2) is 7.82. The molecule has 0 aromatic heterocycles. The van der Waals surface area contributed by atoms with E-state index in [4.69, 9.17) is 9.47 Å². The number of Topliss-reactive ketones (excluding diaryl/α,β-unsaturated/α-hetero) is 1. The van der Waals surface area contributed by atoms with Crippen molar-refractivity contribution in [3.63, 3.8) is 0 Å². The quantitative estimate of drug-likeness (QED) is 0.840. The molecule has 3 rings (SSSR count). The van der Waals surface area contributed by atoms with Gasteiger partial charge >= 0.3 is 0 Å². The van der Waals surface area contributed by atoms with Crippen molar-refractivity contribution in [2.75, 3.05) is 13.7 Å². The molecule has 0 radical (unpaired) electrons. The van der Waals surface area contributed by atoms with Crippen LogP contribution in [0.1, 0.15) is 59.3 Å². The molecule has 1 aliphatic rings. The number of fused-ring (bicyclic) bond motifs is 1. The standard InChI is InChI=1S/C22H25NO4/c1-13-9-10-19(22-17(24)11-14(2)21(13)22)27-12-20(25)23-15(3)16-7-5-6-8-18(16)26-4/h5-10,14-15H,11-12H2,1-4H3,(H,23,25). The molecule has 2 aromatic carbocycles. The largest absolute Gasteiger partial charge is 0.496 e. The third-order valence-corrected chi connectivity index (χ3v) is 5.03. The fourth-order valence-corrected chi connectivity index (χ4v) is 3.76. The number of methoxy groups -OCH3 is 1. The number of rotatable bonds is 6. The summed E-state index contributed by atoms with van der Waals surface area (Å²) in [6.45, 7) is 5.79. The second-order valence-corrected chi connectivity index (χ2v) is 7.02. The number of hydrogen-bond donors (Lipinski definition) is 1. The van der Waals surface area contributed by atoms with Crippen LogP contribution in [-0.2, 0) is 4.79 Å². The number of nitrogens with one attached hydrogen (secondary N) is 1. The highest BCUT2D eigenvalue weighted by molar-refractivity contribution is 6.04. The molecule has 0 heterocycles. The van der Waals surface area contributed by atoms with Crippen molar-refractivity contribution in [2.24, 2.45) is 0 Å². The number of aryl methyl sites for hydroxylation is 1. The molecule has 0 saturated heterocycles. The van der Waals surface area contributed by atoms with E-state index in [0.717, 1.165) is 22.4 Å². The van der Waals surface area contributed by atoms with Gasteiger partial charge in [0.25, 0.3) is 5.91 Å². The van der Waals surface area contributed by atoms with E-state index < -0.39 is 0 Å². The third kappa shape index (κ3) is 3.82. The first-order chi connectivity index (χ1) is 12.9. The minimum Gasteiger partial charge on any atom is -0.496 e. The number of carbonyl (C=O) groups is 2. The monoisotopic (exact) mass is 367 g/mol. The second-order valence-electron chi connectivity index (χ2n) is 7.02. The number of para-hydroxylation sites is 1. The van der Waals surface area contributed by atoms with Crippen LogP contribution in [0.5, 0.6) is 11.5 Å². The van der Waals surface area contributed by atoms with Crippen molar-refractivity contribution in [3.8, 4) is 11.5 Å². The zero-order valence-corrected chi connectivity index (χ0v) is 16.2. The summed E-state index contributed by atoms with van der Waals surface area (Å²) in [5, 5.41) is 2.91. The van der Waals surface area contributed by atoms with E-state index in [9.17, 15) is 9.59 Å². The molecule has 0 saturated carbocycles. The van der Waals surface area contributed by atoms with Crippen LogP contribution in [0.25, 0.3) is 0 Å². The fourth-order valence-electron chi connectivity index (χ4n) is 3.76. The van der Waals surface area contributed by atoms with E-state index >= 15 is 0 Å². The van der Waals surface area contributed by atoms with Crippen molar-refractivity contribution >= 4 is 11.7 Å². The first kappa shape index (κ1) is 19.0. The van der Waals surface area contributed by atoms with Crippen LogP contribution in [0.4, 0.5) is 0 Å². The maximum atomic E-state index is 12.4. The smallest absolute Gasteiger partial charge is 0.258 e. The molecule has 0 fully saturated rings. The van der Waals surface area contributed by atoms with Crippen molar-refractivity contribution in [3.05, 3.63) is 58.7 Å². The maximum absolute atomic E-state index is 12.4. The van der Waals surface area contributed by atoms with Crippen LogP contribution in [0.2, 0.25) is 0 Å².